The van der Waals surface area contributed by atoms with E-state index in [4.69, 9.17) is 0 Å². The van der Waals surface area contributed by atoms with E-state index in [1.54, 1.807) is 12.3 Å². The maximum Gasteiger partial charge on any atom is 0.263 e. The molecule has 0 unspecified atom stereocenters. The average Bonchev–Trinajstić information content (AvgIpc) is 3.00. The molecule has 7 nitrogen and oxygen atoms in total. The SMILES string of the molecule is CCCNCc1cc(S(=O)(=O)Nc2cn[nH]c2)cn1C. The first-order valence-corrected chi connectivity index (χ1v) is 7.89. The van der Waals surface area contributed by atoms with Gasteiger partial charge in [-0.3, -0.25) is 9.82 Å². The Bertz CT molecular complexity index is 645. The summed E-state index contributed by atoms with van der Waals surface area (Å²) in [6.45, 7) is 3.63. The Labute approximate surface area is 118 Å². The van der Waals surface area contributed by atoms with Crippen molar-refractivity contribution in [1.29, 1.82) is 0 Å². The lowest BCUT2D eigenvalue weighted by molar-refractivity contribution is 0.601. The highest BCUT2D eigenvalue weighted by Crippen LogP contribution is 2.17. The molecule has 110 valence electrons. The third-order valence-electron chi connectivity index (χ3n) is 2.88. The highest BCUT2D eigenvalue weighted by Gasteiger charge is 2.17. The van der Waals surface area contributed by atoms with Gasteiger partial charge in [0.05, 0.1) is 11.9 Å². The normalized spacial score (nSPS) is 11.7. The Morgan fingerprint density at radius 2 is 2.25 bits per heavy atom. The topological polar surface area (TPSA) is 91.8 Å². The van der Waals surface area contributed by atoms with E-state index in [-0.39, 0.29) is 4.90 Å². The van der Waals surface area contributed by atoms with Gasteiger partial charge in [-0.2, -0.15) is 5.10 Å². The standard InChI is InChI=1S/C12H19N5O2S/c1-3-4-13-8-11-5-12(9-17(11)2)20(18,19)16-10-6-14-15-7-10/h5-7,9,13,16H,3-4,8H2,1-2H3,(H,14,15). The lowest BCUT2D eigenvalue weighted by Crippen LogP contribution is -2.15. The molecule has 0 bridgehead atoms. The van der Waals surface area contributed by atoms with Gasteiger partial charge in [0.1, 0.15) is 4.90 Å². The molecular formula is C12H19N5O2S. The van der Waals surface area contributed by atoms with E-state index in [0.717, 1.165) is 18.7 Å². The molecule has 0 aromatic carbocycles. The quantitative estimate of drug-likeness (QED) is 0.666. The number of rotatable bonds is 7. The van der Waals surface area contributed by atoms with Crippen molar-refractivity contribution in [2.24, 2.45) is 7.05 Å². The maximum absolute atomic E-state index is 12.2. The molecule has 20 heavy (non-hydrogen) atoms. The summed E-state index contributed by atoms with van der Waals surface area (Å²) in [6, 6.07) is 1.67. The first kappa shape index (κ1) is 14.6. The fourth-order valence-electron chi connectivity index (χ4n) is 1.81. The van der Waals surface area contributed by atoms with Crippen LogP contribution in [0.4, 0.5) is 5.69 Å². The number of aromatic amines is 1. The van der Waals surface area contributed by atoms with E-state index in [1.807, 2.05) is 11.6 Å². The maximum atomic E-state index is 12.2. The van der Waals surface area contributed by atoms with Crippen LogP contribution in [-0.4, -0.2) is 29.7 Å². The fraction of sp³-hybridized carbons (Fsp3) is 0.417. The van der Waals surface area contributed by atoms with Gasteiger partial charge >= 0.3 is 0 Å². The average molecular weight is 297 g/mol. The van der Waals surface area contributed by atoms with Crippen LogP contribution in [0.5, 0.6) is 0 Å². The molecular weight excluding hydrogens is 278 g/mol. The fourth-order valence-corrected chi connectivity index (χ4v) is 2.94. The summed E-state index contributed by atoms with van der Waals surface area (Å²) >= 11 is 0. The lowest BCUT2D eigenvalue weighted by Gasteiger charge is -2.03. The summed E-state index contributed by atoms with van der Waals surface area (Å²) in [4.78, 5) is 0.245. The second-order valence-corrected chi connectivity index (χ2v) is 6.23. The van der Waals surface area contributed by atoms with Crippen LogP contribution in [0.25, 0.3) is 0 Å². The molecule has 0 fully saturated rings. The van der Waals surface area contributed by atoms with Crippen LogP contribution in [-0.2, 0) is 23.6 Å². The Morgan fingerprint density at radius 1 is 1.45 bits per heavy atom. The molecule has 0 aliphatic rings. The Kier molecular flexibility index (Phi) is 4.46. The van der Waals surface area contributed by atoms with Crippen molar-refractivity contribution in [2.45, 2.75) is 24.8 Å². The summed E-state index contributed by atoms with van der Waals surface area (Å²) in [7, 11) is -1.74. The van der Waals surface area contributed by atoms with Gasteiger partial charge in [-0.25, -0.2) is 8.42 Å². The van der Waals surface area contributed by atoms with E-state index >= 15 is 0 Å². The number of nitrogens with one attached hydrogen (secondary N) is 3. The molecule has 2 rings (SSSR count). The third kappa shape index (κ3) is 3.40. The summed E-state index contributed by atoms with van der Waals surface area (Å²) in [5, 5.41) is 9.52. The lowest BCUT2D eigenvalue weighted by atomic mass is 10.4. The molecule has 0 atom stereocenters. The van der Waals surface area contributed by atoms with Gasteiger partial charge < -0.3 is 9.88 Å². The summed E-state index contributed by atoms with van der Waals surface area (Å²) in [6.07, 6.45) is 5.55. The van der Waals surface area contributed by atoms with Crippen LogP contribution >= 0.6 is 0 Å². The van der Waals surface area contributed by atoms with E-state index in [1.165, 1.54) is 12.4 Å². The van der Waals surface area contributed by atoms with Crippen LogP contribution < -0.4 is 10.0 Å². The Balaban J connectivity index is 2.14. The van der Waals surface area contributed by atoms with E-state index < -0.39 is 10.0 Å². The van der Waals surface area contributed by atoms with Crippen molar-refractivity contribution < 1.29 is 8.42 Å². The third-order valence-corrected chi connectivity index (χ3v) is 4.22. The minimum Gasteiger partial charge on any atom is -0.352 e. The van der Waals surface area contributed by atoms with Gasteiger partial charge in [-0.05, 0) is 19.0 Å². The zero-order valence-corrected chi connectivity index (χ0v) is 12.4. The zero-order valence-electron chi connectivity index (χ0n) is 11.5. The summed E-state index contributed by atoms with van der Waals surface area (Å²) in [5.74, 6) is 0. The predicted molar refractivity (Wildman–Crippen MR) is 76.8 cm³/mol. The number of hydrogen-bond donors (Lipinski definition) is 3. The highest BCUT2D eigenvalue weighted by molar-refractivity contribution is 7.92. The molecule has 0 radical (unpaired) electrons. The van der Waals surface area contributed by atoms with Crippen LogP contribution in [0, 0.1) is 0 Å². The first-order chi connectivity index (χ1) is 9.53. The minimum atomic E-state index is -3.57. The molecule has 0 saturated heterocycles. The first-order valence-electron chi connectivity index (χ1n) is 6.40. The number of sulfonamides is 1. The number of aryl methyl sites for hydroxylation is 1. The van der Waals surface area contributed by atoms with Crippen molar-refractivity contribution in [3.05, 3.63) is 30.4 Å². The van der Waals surface area contributed by atoms with Crippen LogP contribution in [0.3, 0.4) is 0 Å². The van der Waals surface area contributed by atoms with Crippen molar-refractivity contribution in [2.75, 3.05) is 11.3 Å². The number of anilines is 1. The molecule has 0 aliphatic carbocycles. The zero-order chi connectivity index (χ0) is 14.6. The smallest absolute Gasteiger partial charge is 0.263 e. The summed E-state index contributed by atoms with van der Waals surface area (Å²) < 4.78 is 28.7. The monoisotopic (exact) mass is 297 g/mol. The second kappa shape index (κ2) is 6.10. The molecule has 2 aromatic heterocycles. The molecule has 0 saturated carbocycles. The van der Waals surface area contributed by atoms with Crippen LogP contribution in [0.2, 0.25) is 0 Å². The molecule has 3 N–H and O–H groups in total. The van der Waals surface area contributed by atoms with Gasteiger partial charge in [0, 0.05) is 31.7 Å². The van der Waals surface area contributed by atoms with Crippen LogP contribution in [0.1, 0.15) is 19.0 Å². The van der Waals surface area contributed by atoms with Crippen molar-refractivity contribution >= 4 is 15.7 Å². The molecule has 0 spiro atoms. The van der Waals surface area contributed by atoms with E-state index in [0.29, 0.717) is 12.2 Å². The van der Waals surface area contributed by atoms with Crippen LogP contribution in [0.15, 0.2) is 29.6 Å². The minimum absolute atomic E-state index is 0.245. The molecule has 0 amide bonds. The van der Waals surface area contributed by atoms with Crippen molar-refractivity contribution in [3.63, 3.8) is 0 Å². The Morgan fingerprint density at radius 3 is 2.90 bits per heavy atom. The van der Waals surface area contributed by atoms with Gasteiger partial charge in [0.15, 0.2) is 0 Å². The number of nitrogens with zero attached hydrogens (tertiary/aromatic N) is 2. The van der Waals surface area contributed by atoms with Gasteiger partial charge in [-0.15, -0.1) is 0 Å². The highest BCUT2D eigenvalue weighted by atomic mass is 32.2. The van der Waals surface area contributed by atoms with Gasteiger partial charge in [0.2, 0.25) is 0 Å². The van der Waals surface area contributed by atoms with Gasteiger partial charge in [-0.1, -0.05) is 6.92 Å². The number of hydrogen-bond acceptors (Lipinski definition) is 4. The largest absolute Gasteiger partial charge is 0.352 e. The number of H-pyrrole nitrogens is 1. The molecule has 0 aliphatic heterocycles. The molecule has 2 aromatic rings. The molecule has 2 heterocycles. The molecule has 8 heteroatoms. The van der Waals surface area contributed by atoms with Gasteiger partial charge in [0.25, 0.3) is 10.0 Å². The van der Waals surface area contributed by atoms with Crippen molar-refractivity contribution in [3.8, 4) is 0 Å². The second-order valence-electron chi connectivity index (χ2n) is 4.55. The number of aromatic nitrogens is 3. The summed E-state index contributed by atoms with van der Waals surface area (Å²) in [5.41, 5.74) is 1.34. The predicted octanol–water partition coefficient (Wildman–Crippen LogP) is 1.05. The van der Waals surface area contributed by atoms with E-state index in [2.05, 4.69) is 27.2 Å². The van der Waals surface area contributed by atoms with E-state index in [9.17, 15) is 8.42 Å². The van der Waals surface area contributed by atoms with Crippen molar-refractivity contribution in [1.82, 2.24) is 20.1 Å². The Hall–Kier alpha value is -1.80.